The van der Waals surface area contributed by atoms with Crippen molar-refractivity contribution in [3.63, 3.8) is 0 Å². The minimum Gasteiger partial charge on any atom is -0.454 e. The average molecular weight is 470 g/mol. The van der Waals surface area contributed by atoms with Crippen molar-refractivity contribution in [1.29, 1.82) is 0 Å². The standard InChI is InChI=1S/C22H23N5O5S/c1-13(2)19(23-21(28)14-8-9-17-18(10-14)32-12-31-17)20-24-25-22(26(20)3)33-11-15-6-4-5-7-16(15)27(29)30/h4-10,13,19H,11-12H2,1-3H3,(H,23,28)/t19-/m1/s1. The van der Waals surface area contributed by atoms with Gasteiger partial charge in [-0.3, -0.25) is 14.9 Å². The summed E-state index contributed by atoms with van der Waals surface area (Å²) in [6.45, 7) is 4.11. The lowest BCUT2D eigenvalue weighted by atomic mass is 10.0. The van der Waals surface area contributed by atoms with Gasteiger partial charge in [0.1, 0.15) is 0 Å². The zero-order chi connectivity index (χ0) is 23.5. The number of thioether (sulfide) groups is 1. The van der Waals surface area contributed by atoms with Gasteiger partial charge in [-0.15, -0.1) is 10.2 Å². The summed E-state index contributed by atoms with van der Waals surface area (Å²) in [6, 6.07) is 11.3. The molecule has 0 aliphatic carbocycles. The van der Waals surface area contributed by atoms with Gasteiger partial charge in [-0.2, -0.15) is 0 Å². The molecule has 2 heterocycles. The Morgan fingerprint density at radius 2 is 1.97 bits per heavy atom. The number of benzene rings is 2. The van der Waals surface area contributed by atoms with Crippen LogP contribution >= 0.6 is 11.8 Å². The van der Waals surface area contributed by atoms with Gasteiger partial charge in [0, 0.05) is 30.0 Å². The third-order valence-electron chi connectivity index (χ3n) is 5.28. The van der Waals surface area contributed by atoms with E-state index in [4.69, 9.17) is 9.47 Å². The van der Waals surface area contributed by atoms with Crippen molar-refractivity contribution in [3.8, 4) is 11.5 Å². The number of para-hydroxylation sites is 1. The van der Waals surface area contributed by atoms with Gasteiger partial charge in [0.25, 0.3) is 11.6 Å². The number of amides is 1. The van der Waals surface area contributed by atoms with Crippen LogP contribution in [-0.4, -0.2) is 32.4 Å². The molecule has 1 N–H and O–H groups in total. The number of nitro benzene ring substituents is 1. The smallest absolute Gasteiger partial charge is 0.273 e. The molecule has 2 aromatic carbocycles. The molecular formula is C22H23N5O5S. The zero-order valence-corrected chi connectivity index (χ0v) is 19.2. The Kier molecular flexibility index (Phi) is 6.50. The summed E-state index contributed by atoms with van der Waals surface area (Å²) in [6.07, 6.45) is 0. The number of nitrogens with zero attached hydrogens (tertiary/aromatic N) is 4. The minimum absolute atomic E-state index is 0.0407. The lowest BCUT2D eigenvalue weighted by molar-refractivity contribution is -0.385. The Morgan fingerprint density at radius 3 is 2.73 bits per heavy atom. The van der Waals surface area contributed by atoms with E-state index < -0.39 is 4.92 Å². The van der Waals surface area contributed by atoms with Gasteiger partial charge in [0.2, 0.25) is 6.79 Å². The fourth-order valence-corrected chi connectivity index (χ4v) is 4.38. The maximum atomic E-state index is 12.9. The van der Waals surface area contributed by atoms with E-state index in [1.54, 1.807) is 36.4 Å². The van der Waals surface area contributed by atoms with E-state index in [2.05, 4.69) is 15.5 Å². The predicted octanol–water partition coefficient (Wildman–Crippen LogP) is 3.87. The molecule has 1 aliphatic rings. The van der Waals surface area contributed by atoms with Gasteiger partial charge in [-0.25, -0.2) is 0 Å². The van der Waals surface area contributed by atoms with E-state index in [0.717, 1.165) is 0 Å². The number of carbonyl (C=O) groups excluding carboxylic acids is 1. The highest BCUT2D eigenvalue weighted by Crippen LogP contribution is 2.33. The Morgan fingerprint density at radius 1 is 1.21 bits per heavy atom. The van der Waals surface area contributed by atoms with E-state index in [-0.39, 0.29) is 30.3 Å². The highest BCUT2D eigenvalue weighted by Gasteiger charge is 2.26. The molecule has 172 valence electrons. The Hall–Kier alpha value is -3.60. The third kappa shape index (κ3) is 4.77. The van der Waals surface area contributed by atoms with Crippen molar-refractivity contribution in [1.82, 2.24) is 20.1 Å². The summed E-state index contributed by atoms with van der Waals surface area (Å²) in [5.41, 5.74) is 1.13. The van der Waals surface area contributed by atoms with E-state index in [1.165, 1.54) is 17.8 Å². The zero-order valence-electron chi connectivity index (χ0n) is 18.3. The molecule has 0 saturated heterocycles. The predicted molar refractivity (Wildman–Crippen MR) is 121 cm³/mol. The van der Waals surface area contributed by atoms with Gasteiger partial charge in [0.05, 0.1) is 11.0 Å². The number of nitro groups is 1. The van der Waals surface area contributed by atoms with Gasteiger partial charge >= 0.3 is 0 Å². The molecular weight excluding hydrogens is 446 g/mol. The Labute approximate surface area is 194 Å². The summed E-state index contributed by atoms with van der Waals surface area (Å²) in [5.74, 6) is 1.91. The quantitative estimate of drug-likeness (QED) is 0.300. The summed E-state index contributed by atoms with van der Waals surface area (Å²) in [7, 11) is 1.82. The number of hydrogen-bond donors (Lipinski definition) is 1. The van der Waals surface area contributed by atoms with Gasteiger partial charge in [0.15, 0.2) is 22.5 Å². The van der Waals surface area contributed by atoms with E-state index in [0.29, 0.717) is 39.4 Å². The van der Waals surface area contributed by atoms with Crippen LogP contribution in [0, 0.1) is 16.0 Å². The van der Waals surface area contributed by atoms with Crippen LogP contribution in [0.3, 0.4) is 0 Å². The highest BCUT2D eigenvalue weighted by molar-refractivity contribution is 7.98. The molecule has 0 radical (unpaired) electrons. The summed E-state index contributed by atoms with van der Waals surface area (Å²) < 4.78 is 12.5. The first-order valence-corrected chi connectivity index (χ1v) is 11.3. The Bertz CT molecular complexity index is 1200. The van der Waals surface area contributed by atoms with Gasteiger partial charge in [-0.1, -0.05) is 43.8 Å². The van der Waals surface area contributed by atoms with Crippen LogP contribution in [0.4, 0.5) is 5.69 Å². The second-order valence-corrected chi connectivity index (χ2v) is 8.78. The maximum absolute atomic E-state index is 12.9. The number of rotatable bonds is 8. The normalized spacial score (nSPS) is 13.2. The third-order valence-corrected chi connectivity index (χ3v) is 6.35. The molecule has 0 bridgehead atoms. The van der Waals surface area contributed by atoms with Gasteiger partial charge in [-0.05, 0) is 24.1 Å². The Balaban J connectivity index is 1.50. The number of carbonyl (C=O) groups is 1. The molecule has 0 unspecified atom stereocenters. The molecule has 4 rings (SSSR count). The summed E-state index contributed by atoms with van der Waals surface area (Å²) >= 11 is 1.35. The summed E-state index contributed by atoms with van der Waals surface area (Å²) in [5, 5.41) is 23.5. The first kappa shape index (κ1) is 22.6. The van der Waals surface area contributed by atoms with Crippen LogP contribution in [0.5, 0.6) is 11.5 Å². The van der Waals surface area contributed by atoms with Crippen LogP contribution in [-0.2, 0) is 12.8 Å². The minimum atomic E-state index is -0.390. The van der Waals surface area contributed by atoms with Crippen LogP contribution in [0.15, 0.2) is 47.6 Å². The monoisotopic (exact) mass is 469 g/mol. The topological polar surface area (TPSA) is 121 Å². The molecule has 1 atom stereocenters. The van der Waals surface area contributed by atoms with Crippen molar-refractivity contribution in [2.24, 2.45) is 13.0 Å². The lowest BCUT2D eigenvalue weighted by Crippen LogP contribution is -2.33. The van der Waals surface area contributed by atoms with Crippen molar-refractivity contribution in [2.75, 3.05) is 6.79 Å². The molecule has 0 saturated carbocycles. The second kappa shape index (κ2) is 9.49. The second-order valence-electron chi connectivity index (χ2n) is 7.84. The number of nitrogens with one attached hydrogen (secondary N) is 1. The van der Waals surface area contributed by atoms with Crippen molar-refractivity contribution in [2.45, 2.75) is 30.8 Å². The van der Waals surface area contributed by atoms with Crippen molar-refractivity contribution < 1.29 is 19.2 Å². The molecule has 0 fully saturated rings. The van der Waals surface area contributed by atoms with E-state index in [9.17, 15) is 14.9 Å². The van der Waals surface area contributed by atoms with E-state index in [1.807, 2.05) is 25.5 Å². The fourth-order valence-electron chi connectivity index (χ4n) is 3.47. The molecule has 1 aliphatic heterocycles. The molecule has 1 amide bonds. The van der Waals surface area contributed by atoms with Crippen LogP contribution in [0.25, 0.3) is 0 Å². The maximum Gasteiger partial charge on any atom is 0.273 e. The van der Waals surface area contributed by atoms with Crippen molar-refractivity contribution in [3.05, 3.63) is 69.5 Å². The van der Waals surface area contributed by atoms with E-state index >= 15 is 0 Å². The number of ether oxygens (including phenoxy) is 2. The molecule has 0 spiro atoms. The van der Waals surface area contributed by atoms with Crippen LogP contribution < -0.4 is 14.8 Å². The molecule has 1 aromatic heterocycles. The average Bonchev–Trinajstić information content (AvgIpc) is 3.41. The summed E-state index contributed by atoms with van der Waals surface area (Å²) in [4.78, 5) is 23.8. The molecule has 11 heteroatoms. The number of hydrogen-bond acceptors (Lipinski definition) is 8. The first-order valence-electron chi connectivity index (χ1n) is 10.3. The molecule has 3 aromatic rings. The number of aromatic nitrogens is 3. The lowest BCUT2D eigenvalue weighted by Gasteiger charge is -2.21. The largest absolute Gasteiger partial charge is 0.454 e. The molecule has 10 nitrogen and oxygen atoms in total. The fraction of sp³-hybridized carbons (Fsp3) is 0.318. The van der Waals surface area contributed by atoms with Crippen molar-refractivity contribution >= 4 is 23.4 Å². The molecule has 33 heavy (non-hydrogen) atoms. The van der Waals surface area contributed by atoms with Gasteiger partial charge < -0.3 is 19.4 Å². The van der Waals surface area contributed by atoms with Crippen LogP contribution in [0.1, 0.15) is 41.6 Å². The van der Waals surface area contributed by atoms with Crippen LogP contribution in [0.2, 0.25) is 0 Å². The highest BCUT2D eigenvalue weighted by atomic mass is 32.2. The SMILES string of the molecule is CC(C)[C@@H](NC(=O)c1ccc2c(c1)OCO2)c1nnc(SCc2ccccc2[N+](=O)[O-])n1C. The first-order chi connectivity index (χ1) is 15.8. The number of fused-ring (bicyclic) bond motifs is 1.